The Morgan fingerprint density at radius 3 is 2.83 bits per heavy atom. The van der Waals surface area contributed by atoms with Gasteiger partial charge in [-0.2, -0.15) is 5.10 Å². The number of nitrogens with zero attached hydrogens (tertiary/aromatic N) is 3. The van der Waals surface area contributed by atoms with E-state index in [4.69, 9.17) is 4.98 Å². The van der Waals surface area contributed by atoms with Crippen LogP contribution in [0.15, 0.2) is 0 Å². The average molecular weight is 316 g/mol. The summed E-state index contributed by atoms with van der Waals surface area (Å²) in [7, 11) is 0. The second-order valence-electron chi connectivity index (χ2n) is 7.93. The molecule has 3 fully saturated rings. The minimum Gasteiger partial charge on any atom is -0.341 e. The van der Waals surface area contributed by atoms with Crippen LogP contribution < -0.4 is 0 Å². The second-order valence-corrected chi connectivity index (χ2v) is 7.93. The van der Waals surface area contributed by atoms with Gasteiger partial charge in [-0.05, 0) is 43.4 Å². The first-order chi connectivity index (χ1) is 11.2. The quantitative estimate of drug-likeness (QED) is 0.908. The van der Waals surface area contributed by atoms with Crippen molar-refractivity contribution in [3.8, 4) is 0 Å². The molecule has 2 saturated carbocycles. The van der Waals surface area contributed by atoms with E-state index in [2.05, 4.69) is 22.0 Å². The van der Waals surface area contributed by atoms with Crippen LogP contribution in [0.4, 0.5) is 0 Å². The molecule has 1 spiro atoms. The standard InChI is InChI=1S/C18H28N4O/c1-2-5-15-19-17(21-20-15)14-11-22(16(23)10-13-6-7-13)12-18(14)8-3-4-9-18/h13-14H,2-12H2,1H3,(H,19,20,21). The molecule has 1 atom stereocenters. The number of hydrogen-bond acceptors (Lipinski definition) is 3. The van der Waals surface area contributed by atoms with E-state index in [0.717, 1.165) is 44.0 Å². The van der Waals surface area contributed by atoms with Crippen molar-refractivity contribution in [1.29, 1.82) is 0 Å². The van der Waals surface area contributed by atoms with Gasteiger partial charge in [0, 0.05) is 31.8 Å². The number of carbonyl (C=O) groups excluding carboxylic acids is 1. The summed E-state index contributed by atoms with van der Waals surface area (Å²) in [6, 6.07) is 0. The number of amides is 1. The number of hydrogen-bond donors (Lipinski definition) is 1. The number of rotatable bonds is 5. The monoisotopic (exact) mass is 316 g/mol. The topological polar surface area (TPSA) is 61.9 Å². The number of nitrogens with one attached hydrogen (secondary N) is 1. The van der Waals surface area contributed by atoms with Gasteiger partial charge in [0.15, 0.2) is 5.82 Å². The molecular formula is C18H28N4O. The van der Waals surface area contributed by atoms with Crippen LogP contribution in [0.3, 0.4) is 0 Å². The van der Waals surface area contributed by atoms with Gasteiger partial charge in [0.25, 0.3) is 0 Å². The van der Waals surface area contributed by atoms with E-state index in [-0.39, 0.29) is 5.41 Å². The Morgan fingerprint density at radius 2 is 2.13 bits per heavy atom. The maximum absolute atomic E-state index is 12.6. The van der Waals surface area contributed by atoms with Crippen LogP contribution in [-0.2, 0) is 11.2 Å². The lowest BCUT2D eigenvalue weighted by Crippen LogP contribution is -2.31. The highest BCUT2D eigenvalue weighted by atomic mass is 16.2. The molecule has 5 nitrogen and oxygen atoms in total. The third-order valence-electron chi connectivity index (χ3n) is 6.11. The van der Waals surface area contributed by atoms with Crippen molar-refractivity contribution in [2.45, 2.75) is 70.6 Å². The van der Waals surface area contributed by atoms with E-state index in [0.29, 0.717) is 17.7 Å². The van der Waals surface area contributed by atoms with Crippen molar-refractivity contribution in [2.24, 2.45) is 11.3 Å². The molecule has 0 aromatic carbocycles. The van der Waals surface area contributed by atoms with Crippen LogP contribution in [0, 0.1) is 11.3 Å². The highest BCUT2D eigenvalue weighted by molar-refractivity contribution is 5.77. The molecule has 1 aromatic heterocycles. The molecule has 0 bridgehead atoms. The Kier molecular flexibility index (Phi) is 3.90. The SMILES string of the molecule is CCCc1nc(C2CN(C(=O)CC3CC3)CC23CCCC3)n[nH]1. The molecule has 2 aliphatic carbocycles. The molecule has 2 heterocycles. The Bertz CT molecular complexity index is 571. The fraction of sp³-hybridized carbons (Fsp3) is 0.833. The van der Waals surface area contributed by atoms with Crippen LogP contribution in [0.25, 0.3) is 0 Å². The summed E-state index contributed by atoms with van der Waals surface area (Å²) >= 11 is 0. The van der Waals surface area contributed by atoms with Crippen LogP contribution in [0.2, 0.25) is 0 Å². The third kappa shape index (κ3) is 2.90. The fourth-order valence-electron chi connectivity index (χ4n) is 4.61. The fourth-order valence-corrected chi connectivity index (χ4v) is 4.61. The van der Waals surface area contributed by atoms with E-state index >= 15 is 0 Å². The number of aromatic nitrogens is 3. The van der Waals surface area contributed by atoms with Gasteiger partial charge in [-0.15, -0.1) is 0 Å². The Morgan fingerprint density at radius 1 is 1.35 bits per heavy atom. The molecule has 1 saturated heterocycles. The highest BCUT2D eigenvalue weighted by Gasteiger charge is 2.51. The molecule has 1 aliphatic heterocycles. The van der Waals surface area contributed by atoms with Crippen LogP contribution in [0.5, 0.6) is 0 Å². The number of aryl methyl sites for hydroxylation is 1. The Balaban J connectivity index is 1.54. The van der Waals surface area contributed by atoms with Crippen molar-refractivity contribution < 1.29 is 4.79 Å². The minimum atomic E-state index is 0.241. The van der Waals surface area contributed by atoms with Crippen molar-refractivity contribution >= 4 is 5.91 Å². The average Bonchev–Trinajstić information content (AvgIpc) is 2.96. The van der Waals surface area contributed by atoms with Crippen molar-refractivity contribution in [3.63, 3.8) is 0 Å². The lowest BCUT2D eigenvalue weighted by atomic mass is 9.76. The molecule has 1 amide bonds. The lowest BCUT2D eigenvalue weighted by molar-refractivity contribution is -0.130. The summed E-state index contributed by atoms with van der Waals surface area (Å²) < 4.78 is 0. The van der Waals surface area contributed by atoms with Crippen molar-refractivity contribution in [2.75, 3.05) is 13.1 Å². The predicted octanol–water partition coefficient (Wildman–Crippen LogP) is 3.04. The first-order valence-corrected chi connectivity index (χ1v) is 9.39. The van der Waals surface area contributed by atoms with Gasteiger partial charge in [-0.1, -0.05) is 19.8 Å². The maximum atomic E-state index is 12.6. The van der Waals surface area contributed by atoms with Gasteiger partial charge in [-0.3, -0.25) is 9.89 Å². The van der Waals surface area contributed by atoms with Gasteiger partial charge in [0.1, 0.15) is 5.82 Å². The molecule has 23 heavy (non-hydrogen) atoms. The predicted molar refractivity (Wildman–Crippen MR) is 87.9 cm³/mol. The van der Waals surface area contributed by atoms with E-state index in [1.165, 1.54) is 38.5 Å². The molecule has 4 rings (SSSR count). The summed E-state index contributed by atoms with van der Waals surface area (Å²) in [4.78, 5) is 19.5. The van der Waals surface area contributed by atoms with Crippen LogP contribution in [0.1, 0.15) is 75.9 Å². The Labute approximate surface area is 138 Å². The summed E-state index contributed by atoms with van der Waals surface area (Å²) in [5.41, 5.74) is 0.241. The molecule has 1 N–H and O–H groups in total. The normalized spacial score (nSPS) is 26.3. The summed E-state index contributed by atoms with van der Waals surface area (Å²) in [6.45, 7) is 3.92. The van der Waals surface area contributed by atoms with Crippen LogP contribution >= 0.6 is 0 Å². The molecule has 5 heteroatoms. The van der Waals surface area contributed by atoms with Crippen LogP contribution in [-0.4, -0.2) is 39.1 Å². The van der Waals surface area contributed by atoms with E-state index in [9.17, 15) is 4.79 Å². The van der Waals surface area contributed by atoms with Gasteiger partial charge >= 0.3 is 0 Å². The zero-order valence-corrected chi connectivity index (χ0v) is 14.2. The van der Waals surface area contributed by atoms with E-state index in [1.54, 1.807) is 0 Å². The van der Waals surface area contributed by atoms with Crippen molar-refractivity contribution in [1.82, 2.24) is 20.1 Å². The summed E-state index contributed by atoms with van der Waals surface area (Å²) in [5.74, 6) is 3.32. The smallest absolute Gasteiger partial charge is 0.222 e. The molecule has 1 aromatic rings. The number of H-pyrrole nitrogens is 1. The Hall–Kier alpha value is -1.39. The van der Waals surface area contributed by atoms with Gasteiger partial charge in [-0.25, -0.2) is 4.98 Å². The summed E-state index contributed by atoms with van der Waals surface area (Å²) in [6.07, 6.45) is 10.3. The van der Waals surface area contributed by atoms with Crippen molar-refractivity contribution in [3.05, 3.63) is 11.6 Å². The first-order valence-electron chi connectivity index (χ1n) is 9.39. The third-order valence-corrected chi connectivity index (χ3v) is 6.11. The number of aromatic amines is 1. The number of carbonyl (C=O) groups is 1. The minimum absolute atomic E-state index is 0.241. The first kappa shape index (κ1) is 15.2. The van der Waals surface area contributed by atoms with Gasteiger partial charge < -0.3 is 4.90 Å². The highest BCUT2D eigenvalue weighted by Crippen LogP contribution is 2.53. The summed E-state index contributed by atoms with van der Waals surface area (Å²) in [5, 5.41) is 7.64. The number of likely N-dealkylation sites (tertiary alicyclic amines) is 1. The molecule has 126 valence electrons. The van der Waals surface area contributed by atoms with Gasteiger partial charge in [0.05, 0.1) is 0 Å². The molecule has 1 unspecified atom stereocenters. The van der Waals surface area contributed by atoms with E-state index in [1.807, 2.05) is 0 Å². The molecular weight excluding hydrogens is 288 g/mol. The largest absolute Gasteiger partial charge is 0.341 e. The van der Waals surface area contributed by atoms with Gasteiger partial charge in [0.2, 0.25) is 5.91 Å². The zero-order valence-electron chi connectivity index (χ0n) is 14.2. The second kappa shape index (κ2) is 5.91. The maximum Gasteiger partial charge on any atom is 0.222 e. The molecule has 0 radical (unpaired) electrons. The van der Waals surface area contributed by atoms with E-state index < -0.39 is 0 Å². The zero-order chi connectivity index (χ0) is 15.9. The molecule has 3 aliphatic rings. The lowest BCUT2D eigenvalue weighted by Gasteiger charge is -2.27.